The van der Waals surface area contributed by atoms with Gasteiger partial charge in [0.05, 0.1) is 5.39 Å². The van der Waals surface area contributed by atoms with Crippen molar-refractivity contribution in [2.45, 2.75) is 32.4 Å². The summed E-state index contributed by atoms with van der Waals surface area (Å²) in [5.74, 6) is -1.30. The molecule has 2 aliphatic rings. The van der Waals surface area contributed by atoms with Crippen LogP contribution in [-0.4, -0.2) is 28.3 Å². The van der Waals surface area contributed by atoms with E-state index < -0.39 is 22.3 Å². The van der Waals surface area contributed by atoms with Gasteiger partial charge in [-0.05, 0) is 41.5 Å². The van der Waals surface area contributed by atoms with Crippen molar-refractivity contribution in [1.29, 1.82) is 0 Å². The standard InChI is InChI=1S/C25H22N6O5S/c26-17-18(20(33)19(17)32)31-4-3-11-2-1-10(5-13(11)9-31)8-28-24(36)22-29-23(35)16-14-6-12(21(27)34)7-15(14)37-25(16)30-22/h1-2,5,12H,3-4,6-9,26H2,(H2,27,34)(H,28,36)(H,29,30,35). The number of anilines is 2. The summed E-state index contributed by atoms with van der Waals surface area (Å²) in [6.45, 7) is 1.24. The summed E-state index contributed by atoms with van der Waals surface area (Å²) in [5, 5.41) is 3.21. The van der Waals surface area contributed by atoms with Gasteiger partial charge in [-0.1, -0.05) is 18.2 Å². The van der Waals surface area contributed by atoms with Gasteiger partial charge < -0.3 is 26.7 Å². The molecule has 0 spiro atoms. The van der Waals surface area contributed by atoms with Crippen molar-refractivity contribution in [2.75, 3.05) is 17.2 Å². The molecule has 0 radical (unpaired) electrons. The van der Waals surface area contributed by atoms with Gasteiger partial charge in [0.1, 0.15) is 16.2 Å². The number of benzene rings is 1. The molecule has 2 aromatic heterocycles. The van der Waals surface area contributed by atoms with Crippen molar-refractivity contribution in [3.8, 4) is 0 Å². The van der Waals surface area contributed by atoms with Crippen molar-refractivity contribution in [2.24, 2.45) is 11.7 Å². The largest absolute Gasteiger partial charge is 0.394 e. The lowest BCUT2D eigenvalue weighted by Gasteiger charge is -2.32. The third-order valence-electron chi connectivity index (χ3n) is 7.22. The van der Waals surface area contributed by atoms with Gasteiger partial charge in [0.2, 0.25) is 11.7 Å². The van der Waals surface area contributed by atoms with Gasteiger partial charge in [-0.2, -0.15) is 0 Å². The molecular formula is C25H22N6O5S. The lowest BCUT2D eigenvalue weighted by atomic mass is 9.96. The Hall–Kier alpha value is -4.32. The lowest BCUT2D eigenvalue weighted by molar-refractivity contribution is -0.121. The molecule has 6 rings (SSSR count). The number of hydrogen-bond donors (Lipinski definition) is 4. The smallest absolute Gasteiger partial charge is 0.287 e. The van der Waals surface area contributed by atoms with Crippen LogP contribution in [0.1, 0.15) is 37.7 Å². The van der Waals surface area contributed by atoms with E-state index in [-0.39, 0.29) is 35.6 Å². The van der Waals surface area contributed by atoms with Crippen LogP contribution in [0.25, 0.3) is 10.2 Å². The molecule has 0 saturated carbocycles. The second-order valence-electron chi connectivity index (χ2n) is 9.48. The van der Waals surface area contributed by atoms with Crippen LogP contribution in [0.15, 0.2) is 32.6 Å². The zero-order valence-electron chi connectivity index (χ0n) is 19.6. The Labute approximate surface area is 212 Å². The summed E-state index contributed by atoms with van der Waals surface area (Å²) in [4.78, 5) is 70.7. The SMILES string of the molecule is NC(=O)C1Cc2sc3nc(C(=O)NCc4ccc5c(c4)CN(c4c(N)c(=O)c4=O)CC5)[nH]c(=O)c3c2C1. The first-order chi connectivity index (χ1) is 17.7. The number of nitrogens with two attached hydrogens (primary N) is 2. The highest BCUT2D eigenvalue weighted by molar-refractivity contribution is 7.18. The van der Waals surface area contributed by atoms with Crippen molar-refractivity contribution in [3.63, 3.8) is 0 Å². The quantitative estimate of drug-likeness (QED) is 0.263. The molecule has 1 aliphatic carbocycles. The molecule has 4 aromatic rings. The van der Waals surface area contributed by atoms with E-state index in [1.165, 1.54) is 11.3 Å². The number of nitrogens with one attached hydrogen (secondary N) is 2. The van der Waals surface area contributed by atoms with Crippen LogP contribution < -0.4 is 38.1 Å². The van der Waals surface area contributed by atoms with E-state index in [2.05, 4.69) is 15.3 Å². The highest BCUT2D eigenvalue weighted by Gasteiger charge is 2.31. The fourth-order valence-corrected chi connectivity index (χ4v) is 6.51. The fourth-order valence-electron chi connectivity index (χ4n) is 5.23. The number of aromatic amines is 1. The molecule has 0 fully saturated rings. The molecule has 188 valence electrons. The summed E-state index contributed by atoms with van der Waals surface area (Å²) in [7, 11) is 0. The van der Waals surface area contributed by atoms with Crippen LogP contribution in [0.2, 0.25) is 0 Å². The van der Waals surface area contributed by atoms with Crippen molar-refractivity contribution in [1.82, 2.24) is 15.3 Å². The number of rotatable bonds is 5. The molecular weight excluding hydrogens is 496 g/mol. The molecule has 37 heavy (non-hydrogen) atoms. The number of carbonyl (C=O) groups is 2. The van der Waals surface area contributed by atoms with E-state index in [1.807, 2.05) is 23.1 Å². The number of amides is 2. The van der Waals surface area contributed by atoms with E-state index in [1.54, 1.807) is 0 Å². The molecule has 11 nitrogen and oxygen atoms in total. The maximum Gasteiger partial charge on any atom is 0.287 e. The molecule has 2 aromatic carbocycles. The molecule has 0 bridgehead atoms. The lowest BCUT2D eigenvalue weighted by Crippen LogP contribution is -2.44. The average Bonchev–Trinajstić information content (AvgIpc) is 3.45. The van der Waals surface area contributed by atoms with Crippen LogP contribution in [0.3, 0.4) is 0 Å². The highest BCUT2D eigenvalue weighted by atomic mass is 32.1. The van der Waals surface area contributed by atoms with Crippen molar-refractivity contribution >= 4 is 44.7 Å². The normalized spacial score (nSPS) is 16.6. The van der Waals surface area contributed by atoms with Crippen LogP contribution in [0.5, 0.6) is 0 Å². The Balaban J connectivity index is 1.17. The first-order valence-corrected chi connectivity index (χ1v) is 12.6. The number of fused-ring (bicyclic) bond motifs is 4. The predicted octanol–water partition coefficient (Wildman–Crippen LogP) is -0.144. The Morgan fingerprint density at radius 3 is 2.73 bits per heavy atom. The second kappa shape index (κ2) is 8.37. The molecule has 1 atom stereocenters. The topological polar surface area (TPSA) is 181 Å². The monoisotopic (exact) mass is 518 g/mol. The zero-order chi connectivity index (χ0) is 26.0. The molecule has 2 amide bonds. The molecule has 1 aliphatic heterocycles. The number of carbonyl (C=O) groups excluding carboxylic acids is 2. The number of nitrogen functional groups attached to an aromatic ring is 1. The van der Waals surface area contributed by atoms with E-state index in [0.29, 0.717) is 42.6 Å². The highest BCUT2D eigenvalue weighted by Crippen LogP contribution is 2.37. The van der Waals surface area contributed by atoms with E-state index >= 15 is 0 Å². The van der Waals surface area contributed by atoms with Crippen molar-refractivity contribution in [3.05, 3.63) is 82.0 Å². The summed E-state index contributed by atoms with van der Waals surface area (Å²) in [5.41, 5.74) is 13.6. The van der Waals surface area contributed by atoms with E-state index in [9.17, 15) is 24.0 Å². The summed E-state index contributed by atoms with van der Waals surface area (Å²) >= 11 is 1.31. The minimum Gasteiger partial charge on any atom is -0.394 e. The first kappa shape index (κ1) is 23.1. The Bertz CT molecular complexity index is 1760. The molecule has 1 unspecified atom stereocenters. The van der Waals surface area contributed by atoms with Crippen LogP contribution in [0, 0.1) is 5.92 Å². The van der Waals surface area contributed by atoms with Gasteiger partial charge >= 0.3 is 0 Å². The summed E-state index contributed by atoms with van der Waals surface area (Å²) in [6, 6.07) is 5.85. The van der Waals surface area contributed by atoms with Crippen LogP contribution in [0.4, 0.5) is 11.4 Å². The van der Waals surface area contributed by atoms with Crippen LogP contribution >= 0.6 is 11.3 Å². The molecule has 6 N–H and O–H groups in total. The Kier molecular flexibility index (Phi) is 5.23. The minimum absolute atomic E-state index is 0.0129. The van der Waals surface area contributed by atoms with Gasteiger partial charge in [-0.3, -0.25) is 24.0 Å². The van der Waals surface area contributed by atoms with E-state index in [4.69, 9.17) is 11.5 Å². The third-order valence-corrected chi connectivity index (χ3v) is 8.37. The maximum absolute atomic E-state index is 12.8. The predicted molar refractivity (Wildman–Crippen MR) is 138 cm³/mol. The fraction of sp³-hybridized carbons (Fsp3) is 0.280. The van der Waals surface area contributed by atoms with Gasteiger partial charge in [-0.15, -0.1) is 11.3 Å². The first-order valence-electron chi connectivity index (χ1n) is 11.8. The number of hydrogen-bond acceptors (Lipinski definition) is 9. The van der Waals surface area contributed by atoms with Crippen LogP contribution in [-0.2, 0) is 37.1 Å². The third kappa shape index (κ3) is 3.71. The maximum atomic E-state index is 12.8. The molecule has 12 heteroatoms. The molecule has 0 saturated heterocycles. The zero-order valence-corrected chi connectivity index (χ0v) is 20.4. The average molecular weight is 519 g/mol. The number of primary amides is 1. The van der Waals surface area contributed by atoms with Gasteiger partial charge in [-0.25, -0.2) is 4.98 Å². The number of thiophene rings is 1. The number of H-pyrrole nitrogens is 1. The van der Waals surface area contributed by atoms with Crippen molar-refractivity contribution < 1.29 is 9.59 Å². The minimum atomic E-state index is -0.635. The summed E-state index contributed by atoms with van der Waals surface area (Å²) in [6.07, 6.45) is 1.60. The Morgan fingerprint density at radius 2 is 1.97 bits per heavy atom. The number of aromatic nitrogens is 2. The molecule has 3 heterocycles. The van der Waals surface area contributed by atoms with Gasteiger partial charge in [0, 0.05) is 30.4 Å². The number of nitrogens with zero attached hydrogens (tertiary/aromatic N) is 2. The Morgan fingerprint density at radius 1 is 1.16 bits per heavy atom. The second-order valence-corrected chi connectivity index (χ2v) is 10.6. The van der Waals surface area contributed by atoms with E-state index in [0.717, 1.165) is 27.1 Å². The van der Waals surface area contributed by atoms with Gasteiger partial charge in [0.15, 0.2) is 0 Å². The van der Waals surface area contributed by atoms with Gasteiger partial charge in [0.25, 0.3) is 22.3 Å². The summed E-state index contributed by atoms with van der Waals surface area (Å²) < 4.78 is 0.